The Hall–Kier alpha value is -6.18. The van der Waals surface area contributed by atoms with Gasteiger partial charge in [0.05, 0.1) is 0 Å². The van der Waals surface area contributed by atoms with E-state index in [2.05, 4.69) is 184 Å². The van der Waals surface area contributed by atoms with E-state index in [0.29, 0.717) is 5.92 Å². The molecule has 1 heteroatoms. The molecule has 8 aromatic carbocycles. The molecular formula is C56H46O. The van der Waals surface area contributed by atoms with Gasteiger partial charge in [-0.15, -0.1) is 0 Å². The highest BCUT2D eigenvalue weighted by Crippen LogP contribution is 2.54. The van der Waals surface area contributed by atoms with Crippen LogP contribution in [0.1, 0.15) is 91.2 Å². The smallest absolute Gasteiger partial charge is 0.135 e. The van der Waals surface area contributed by atoms with E-state index < -0.39 is 0 Å². The van der Waals surface area contributed by atoms with Crippen LogP contribution in [0.3, 0.4) is 0 Å². The van der Waals surface area contributed by atoms with Gasteiger partial charge in [-0.25, -0.2) is 0 Å². The van der Waals surface area contributed by atoms with Crippen molar-refractivity contribution in [2.75, 3.05) is 0 Å². The highest BCUT2D eigenvalue weighted by molar-refractivity contribution is 6.07. The van der Waals surface area contributed by atoms with Crippen molar-refractivity contribution in [3.05, 3.63) is 203 Å². The first-order valence-electron chi connectivity index (χ1n) is 20.9. The zero-order valence-corrected chi connectivity index (χ0v) is 32.8. The van der Waals surface area contributed by atoms with Gasteiger partial charge in [0.2, 0.25) is 0 Å². The van der Waals surface area contributed by atoms with Crippen molar-refractivity contribution in [1.29, 1.82) is 0 Å². The molecule has 57 heavy (non-hydrogen) atoms. The topological polar surface area (TPSA) is 13.1 Å². The van der Waals surface area contributed by atoms with Crippen molar-refractivity contribution in [2.24, 2.45) is 0 Å². The Morgan fingerprint density at radius 2 is 1.12 bits per heavy atom. The quantitative estimate of drug-likeness (QED) is 0.155. The fourth-order valence-electron chi connectivity index (χ4n) is 10.7. The maximum atomic E-state index is 6.32. The van der Waals surface area contributed by atoms with E-state index in [1.165, 1.54) is 104 Å². The summed E-state index contributed by atoms with van der Waals surface area (Å²) in [6.45, 7) is 4.91. The lowest BCUT2D eigenvalue weighted by molar-refractivity contribution is 0.438. The number of para-hydroxylation sites is 1. The second kappa shape index (κ2) is 13.5. The van der Waals surface area contributed by atoms with Crippen molar-refractivity contribution in [2.45, 2.75) is 63.2 Å². The van der Waals surface area contributed by atoms with E-state index in [1.54, 1.807) is 11.1 Å². The normalized spacial score (nSPS) is 15.5. The Morgan fingerprint density at radius 3 is 1.91 bits per heavy atom. The van der Waals surface area contributed by atoms with Gasteiger partial charge in [-0.2, -0.15) is 0 Å². The molecule has 0 N–H and O–H groups in total. The molecule has 2 aliphatic rings. The Morgan fingerprint density at radius 1 is 0.491 bits per heavy atom. The molecule has 0 aliphatic heterocycles. The zero-order valence-electron chi connectivity index (χ0n) is 32.8. The molecule has 0 radical (unpaired) electrons. The number of furan rings is 1. The zero-order chi connectivity index (χ0) is 38.1. The predicted octanol–water partition coefficient (Wildman–Crippen LogP) is 15.6. The Labute approximate surface area is 335 Å². The average molecular weight is 735 g/mol. The monoisotopic (exact) mass is 734 g/mol. The van der Waals surface area contributed by atoms with E-state index in [-0.39, 0.29) is 11.3 Å². The molecule has 0 amide bonds. The molecule has 1 aromatic heterocycles. The van der Waals surface area contributed by atoms with E-state index in [9.17, 15) is 0 Å². The first kappa shape index (κ1) is 34.1. The van der Waals surface area contributed by atoms with Crippen molar-refractivity contribution >= 4 is 32.7 Å². The first-order chi connectivity index (χ1) is 28.0. The lowest BCUT2D eigenvalue weighted by Crippen LogP contribution is -2.19. The summed E-state index contributed by atoms with van der Waals surface area (Å²) in [7, 11) is 0. The maximum absolute atomic E-state index is 6.32. The van der Waals surface area contributed by atoms with Gasteiger partial charge in [0.25, 0.3) is 0 Å². The summed E-state index contributed by atoms with van der Waals surface area (Å²) in [5, 5.41) is 4.87. The summed E-state index contributed by atoms with van der Waals surface area (Å²) >= 11 is 0. The molecule has 0 saturated heterocycles. The van der Waals surface area contributed by atoms with Gasteiger partial charge in [-0.05, 0) is 121 Å². The molecule has 0 bridgehead atoms. The summed E-state index contributed by atoms with van der Waals surface area (Å²) in [5.41, 5.74) is 18.1. The number of hydrogen-bond donors (Lipinski definition) is 0. The van der Waals surface area contributed by atoms with Crippen LogP contribution < -0.4 is 0 Å². The number of fused-ring (bicyclic) bond motifs is 7. The van der Waals surface area contributed by atoms with Gasteiger partial charge < -0.3 is 4.42 Å². The second-order valence-electron chi connectivity index (χ2n) is 17.0. The summed E-state index contributed by atoms with van der Waals surface area (Å²) in [4.78, 5) is 0. The Kier molecular flexibility index (Phi) is 8.07. The van der Waals surface area contributed by atoms with Crippen LogP contribution in [0, 0.1) is 0 Å². The van der Waals surface area contributed by atoms with Crippen LogP contribution in [-0.4, -0.2) is 0 Å². The molecule has 0 spiro atoms. The van der Waals surface area contributed by atoms with Gasteiger partial charge in [-0.3, -0.25) is 0 Å². The fraction of sp³-hybridized carbons (Fsp3) is 0.179. The minimum Gasteiger partial charge on any atom is -0.456 e. The third kappa shape index (κ3) is 5.59. The molecule has 1 saturated carbocycles. The lowest BCUT2D eigenvalue weighted by Gasteiger charge is -2.30. The molecule has 1 nitrogen and oxygen atoms in total. The van der Waals surface area contributed by atoms with Crippen LogP contribution in [0.25, 0.3) is 66.1 Å². The Bertz CT molecular complexity index is 2950. The van der Waals surface area contributed by atoms with Crippen LogP contribution in [0.5, 0.6) is 0 Å². The van der Waals surface area contributed by atoms with E-state index in [4.69, 9.17) is 4.42 Å². The molecule has 2 aliphatic carbocycles. The molecule has 1 atom stereocenters. The van der Waals surface area contributed by atoms with Gasteiger partial charge >= 0.3 is 0 Å². The number of rotatable bonds is 6. The van der Waals surface area contributed by atoms with E-state index in [0.717, 1.165) is 16.6 Å². The minimum atomic E-state index is -0.0416. The molecule has 1 fully saturated rings. The number of hydrogen-bond acceptors (Lipinski definition) is 1. The highest BCUT2D eigenvalue weighted by Gasteiger charge is 2.39. The first-order valence-corrected chi connectivity index (χ1v) is 20.9. The van der Waals surface area contributed by atoms with Gasteiger partial charge in [-0.1, -0.05) is 179 Å². The van der Waals surface area contributed by atoms with Crippen LogP contribution in [0.2, 0.25) is 0 Å². The third-order valence-corrected chi connectivity index (χ3v) is 13.4. The van der Waals surface area contributed by atoms with Gasteiger partial charge in [0, 0.05) is 22.1 Å². The standard InChI is InChI=1S/C56H46O/c1-56(2)50-32-30-41(34-48(50)47-24-13-23-45(55(47)56)37-16-7-4-8-17-37)53(42-31-33-52-49(35-42)46-20-9-10-25-51(46)57-52)40-28-26-38(27-29-40)44-22-12-19-39-18-11-21-43(54(39)44)36-14-5-3-6-15-36/h3,5-6,9-15,18-35,37,53H,4,7-8,16-17H2,1-2H3. The molecule has 11 rings (SSSR count). The fourth-order valence-corrected chi connectivity index (χ4v) is 10.7. The second-order valence-corrected chi connectivity index (χ2v) is 17.0. The summed E-state index contributed by atoms with van der Waals surface area (Å²) in [5.74, 6) is 0.693. The summed E-state index contributed by atoms with van der Waals surface area (Å²) < 4.78 is 6.32. The summed E-state index contributed by atoms with van der Waals surface area (Å²) in [6, 6.07) is 63.4. The largest absolute Gasteiger partial charge is 0.456 e. The molecular weight excluding hydrogens is 689 g/mol. The highest BCUT2D eigenvalue weighted by atomic mass is 16.3. The maximum Gasteiger partial charge on any atom is 0.135 e. The minimum absolute atomic E-state index is 0.0310. The lowest BCUT2D eigenvalue weighted by atomic mass is 9.74. The third-order valence-electron chi connectivity index (χ3n) is 13.4. The van der Waals surface area contributed by atoms with Crippen molar-refractivity contribution < 1.29 is 4.42 Å². The molecule has 1 heterocycles. The van der Waals surface area contributed by atoms with Gasteiger partial charge in [0.1, 0.15) is 11.2 Å². The van der Waals surface area contributed by atoms with Crippen LogP contribution >= 0.6 is 0 Å². The number of benzene rings is 8. The van der Waals surface area contributed by atoms with Crippen LogP contribution in [0.15, 0.2) is 174 Å². The Balaban J connectivity index is 1.07. The van der Waals surface area contributed by atoms with Crippen LogP contribution in [0.4, 0.5) is 0 Å². The molecule has 9 aromatic rings. The van der Waals surface area contributed by atoms with Crippen molar-refractivity contribution in [3.8, 4) is 33.4 Å². The average Bonchev–Trinajstić information content (AvgIpc) is 3.75. The predicted molar refractivity (Wildman–Crippen MR) is 239 cm³/mol. The SMILES string of the molecule is CC1(C)c2ccc(C(c3ccc(-c4cccc5cccc(-c6ccccc6)c45)cc3)c3ccc4oc5ccccc5c4c3)cc2-c2cccc(C3CCCCC3)c21. The van der Waals surface area contributed by atoms with E-state index >= 15 is 0 Å². The van der Waals surface area contributed by atoms with E-state index in [1.807, 2.05) is 0 Å². The molecule has 1 unspecified atom stereocenters. The van der Waals surface area contributed by atoms with Crippen LogP contribution in [-0.2, 0) is 5.41 Å². The summed E-state index contributed by atoms with van der Waals surface area (Å²) in [6.07, 6.45) is 6.68. The molecule has 276 valence electrons. The van der Waals surface area contributed by atoms with Crippen molar-refractivity contribution in [3.63, 3.8) is 0 Å². The van der Waals surface area contributed by atoms with Gasteiger partial charge in [0.15, 0.2) is 0 Å². The van der Waals surface area contributed by atoms with Crippen molar-refractivity contribution in [1.82, 2.24) is 0 Å².